The van der Waals surface area contributed by atoms with Crippen LogP contribution in [0.25, 0.3) is 10.9 Å². The van der Waals surface area contributed by atoms with E-state index in [4.69, 9.17) is 9.72 Å². The second kappa shape index (κ2) is 9.80. The van der Waals surface area contributed by atoms with E-state index in [0.717, 1.165) is 67.4 Å². The van der Waals surface area contributed by atoms with Gasteiger partial charge in [-0.3, -0.25) is 0 Å². The molecule has 0 aliphatic carbocycles. The summed E-state index contributed by atoms with van der Waals surface area (Å²) in [6.45, 7) is 8.66. The van der Waals surface area contributed by atoms with Gasteiger partial charge in [-0.25, -0.2) is 15.0 Å². The van der Waals surface area contributed by atoms with Crippen LogP contribution in [0.5, 0.6) is 0 Å². The molecule has 4 heterocycles. The van der Waals surface area contributed by atoms with Crippen molar-refractivity contribution in [2.45, 2.75) is 26.4 Å². The lowest BCUT2D eigenvalue weighted by molar-refractivity contribution is 0.116. The number of fused-ring (bicyclic) bond motifs is 1. The van der Waals surface area contributed by atoms with Crippen LogP contribution in [-0.4, -0.2) is 65.0 Å². The minimum Gasteiger partial charge on any atom is -0.375 e. The number of pyridine rings is 1. The molecule has 0 aromatic carbocycles. The quantitative estimate of drug-likeness (QED) is 0.499. The highest BCUT2D eigenvalue weighted by Crippen LogP contribution is 2.26. The summed E-state index contributed by atoms with van der Waals surface area (Å²) in [5, 5.41) is 19.4. The molecule has 0 saturated carbocycles. The van der Waals surface area contributed by atoms with E-state index in [1.807, 2.05) is 25.1 Å². The molecule has 4 rings (SSSR count). The maximum absolute atomic E-state index is 5.44. The van der Waals surface area contributed by atoms with Crippen molar-refractivity contribution in [1.29, 1.82) is 0 Å². The van der Waals surface area contributed by atoms with Crippen LogP contribution in [0, 0.1) is 0 Å². The third-order valence-corrected chi connectivity index (χ3v) is 5.23. The molecule has 0 amide bonds. The number of nitrogens with zero attached hydrogens (tertiary/aromatic N) is 6. The molecular weight excluding hydrogens is 394 g/mol. The van der Waals surface area contributed by atoms with E-state index in [1.54, 1.807) is 13.3 Å². The van der Waals surface area contributed by atoms with E-state index >= 15 is 0 Å². The first-order valence-corrected chi connectivity index (χ1v) is 10.7. The van der Waals surface area contributed by atoms with Crippen molar-refractivity contribution < 1.29 is 4.74 Å². The minimum atomic E-state index is -0.117. The van der Waals surface area contributed by atoms with Gasteiger partial charge >= 0.3 is 0 Å². The van der Waals surface area contributed by atoms with Gasteiger partial charge < -0.3 is 25.6 Å². The third kappa shape index (κ3) is 4.97. The first-order valence-electron chi connectivity index (χ1n) is 10.7. The molecule has 0 spiro atoms. The summed E-state index contributed by atoms with van der Waals surface area (Å²) in [4.78, 5) is 16.1. The van der Waals surface area contributed by atoms with Gasteiger partial charge in [-0.05, 0) is 31.5 Å². The zero-order valence-corrected chi connectivity index (χ0v) is 18.2. The molecule has 1 fully saturated rings. The van der Waals surface area contributed by atoms with Gasteiger partial charge in [0, 0.05) is 51.4 Å². The highest BCUT2D eigenvalue weighted by molar-refractivity contribution is 5.89. The Kier molecular flexibility index (Phi) is 6.68. The van der Waals surface area contributed by atoms with Crippen molar-refractivity contribution in [3.05, 3.63) is 30.1 Å². The minimum absolute atomic E-state index is 0.117. The summed E-state index contributed by atoms with van der Waals surface area (Å²) in [5.41, 5.74) is 1.59. The Balaban J connectivity index is 1.57. The summed E-state index contributed by atoms with van der Waals surface area (Å²) in [5.74, 6) is 2.65. The van der Waals surface area contributed by atoms with Crippen molar-refractivity contribution in [3.63, 3.8) is 0 Å². The summed E-state index contributed by atoms with van der Waals surface area (Å²) in [7, 11) is 1.67. The molecule has 3 aromatic rings. The average Bonchev–Trinajstić information content (AvgIpc) is 2.83. The summed E-state index contributed by atoms with van der Waals surface area (Å²) in [6, 6.07) is 5.83. The van der Waals surface area contributed by atoms with Gasteiger partial charge in [-0.1, -0.05) is 6.92 Å². The SMILES string of the molecule is CCCNc1nc([C@@H](C)OC)cc2cnc(Nc3ccc(N4CCNCC4)nn3)nc12. The number of hydrogen-bond acceptors (Lipinski definition) is 10. The van der Waals surface area contributed by atoms with Gasteiger partial charge in [-0.15, -0.1) is 10.2 Å². The highest BCUT2D eigenvalue weighted by Gasteiger charge is 2.15. The predicted molar refractivity (Wildman–Crippen MR) is 122 cm³/mol. The normalized spacial score (nSPS) is 15.1. The molecule has 10 nitrogen and oxygen atoms in total. The van der Waals surface area contributed by atoms with Gasteiger partial charge in [0.2, 0.25) is 5.95 Å². The second-order valence-corrected chi connectivity index (χ2v) is 7.47. The van der Waals surface area contributed by atoms with Crippen molar-refractivity contribution in [3.8, 4) is 0 Å². The number of hydrogen-bond donors (Lipinski definition) is 3. The zero-order valence-electron chi connectivity index (χ0n) is 18.2. The lowest BCUT2D eigenvalue weighted by Crippen LogP contribution is -2.43. The number of aromatic nitrogens is 5. The topological polar surface area (TPSA) is 113 Å². The molecule has 10 heteroatoms. The Hall–Kier alpha value is -3.11. The number of piperazine rings is 1. The Morgan fingerprint density at radius 2 is 2.03 bits per heavy atom. The number of nitrogens with one attached hydrogen (secondary N) is 3. The van der Waals surface area contributed by atoms with Crippen LogP contribution >= 0.6 is 0 Å². The van der Waals surface area contributed by atoms with Crippen LogP contribution in [-0.2, 0) is 4.74 Å². The molecule has 3 N–H and O–H groups in total. The van der Waals surface area contributed by atoms with Gasteiger partial charge in [0.1, 0.15) is 5.52 Å². The van der Waals surface area contributed by atoms with E-state index < -0.39 is 0 Å². The fourth-order valence-electron chi connectivity index (χ4n) is 3.39. The van der Waals surface area contributed by atoms with Crippen molar-refractivity contribution >= 4 is 34.3 Å². The fraction of sp³-hybridized carbons (Fsp3) is 0.476. The van der Waals surface area contributed by atoms with E-state index in [9.17, 15) is 0 Å². The van der Waals surface area contributed by atoms with Crippen LogP contribution < -0.4 is 20.9 Å². The molecule has 1 aliphatic heterocycles. The molecule has 31 heavy (non-hydrogen) atoms. The third-order valence-electron chi connectivity index (χ3n) is 5.23. The second-order valence-electron chi connectivity index (χ2n) is 7.47. The number of methoxy groups -OCH3 is 1. The average molecular weight is 424 g/mol. The highest BCUT2D eigenvalue weighted by atomic mass is 16.5. The molecule has 1 atom stereocenters. The number of ether oxygens (including phenoxy) is 1. The molecule has 0 radical (unpaired) electrons. The van der Waals surface area contributed by atoms with Gasteiger partial charge in [0.15, 0.2) is 17.5 Å². The molecule has 0 unspecified atom stereocenters. The maximum atomic E-state index is 5.44. The molecule has 0 bridgehead atoms. The van der Waals surface area contributed by atoms with Crippen molar-refractivity contribution in [2.75, 3.05) is 55.4 Å². The first kappa shape index (κ1) is 21.1. The monoisotopic (exact) mass is 423 g/mol. The van der Waals surface area contributed by atoms with Crippen LogP contribution in [0.1, 0.15) is 32.1 Å². The standard InChI is InChI=1S/C21H29N9O/c1-4-7-23-20-19-15(12-16(25-20)14(2)31-3)13-24-21(27-19)26-17-5-6-18(29-28-17)30-10-8-22-9-11-30/h5-6,12-14,22H,4,7-11H2,1-3H3,(H,23,25)(H,24,26,27,28)/t14-/m1/s1. The lowest BCUT2D eigenvalue weighted by Gasteiger charge is -2.27. The number of rotatable bonds is 8. The zero-order chi connectivity index (χ0) is 21.6. The van der Waals surface area contributed by atoms with Crippen LogP contribution in [0.4, 0.5) is 23.4 Å². The lowest BCUT2D eigenvalue weighted by atomic mass is 10.2. The summed E-state index contributed by atoms with van der Waals surface area (Å²) < 4.78 is 5.44. The van der Waals surface area contributed by atoms with Crippen molar-refractivity contribution in [1.82, 2.24) is 30.5 Å². The molecule has 1 aliphatic rings. The van der Waals surface area contributed by atoms with E-state index in [2.05, 4.69) is 47.9 Å². The largest absolute Gasteiger partial charge is 0.375 e. The van der Waals surface area contributed by atoms with Gasteiger partial charge in [-0.2, -0.15) is 0 Å². The van der Waals surface area contributed by atoms with Crippen LogP contribution in [0.2, 0.25) is 0 Å². The van der Waals surface area contributed by atoms with Gasteiger partial charge in [0.25, 0.3) is 0 Å². The van der Waals surface area contributed by atoms with Crippen LogP contribution in [0.15, 0.2) is 24.4 Å². The molecule has 3 aromatic heterocycles. The van der Waals surface area contributed by atoms with Crippen LogP contribution in [0.3, 0.4) is 0 Å². The Bertz CT molecular complexity index is 1010. The summed E-state index contributed by atoms with van der Waals surface area (Å²) in [6.07, 6.45) is 2.66. The Morgan fingerprint density at radius 3 is 2.74 bits per heavy atom. The Labute approximate surface area is 181 Å². The number of anilines is 4. The fourth-order valence-corrected chi connectivity index (χ4v) is 3.39. The van der Waals surface area contributed by atoms with E-state index in [1.165, 1.54) is 0 Å². The van der Waals surface area contributed by atoms with Gasteiger partial charge in [0.05, 0.1) is 11.8 Å². The smallest absolute Gasteiger partial charge is 0.229 e. The molecular formula is C21H29N9O. The molecule has 1 saturated heterocycles. The predicted octanol–water partition coefficient (Wildman–Crippen LogP) is 2.50. The molecule has 164 valence electrons. The van der Waals surface area contributed by atoms with E-state index in [-0.39, 0.29) is 6.10 Å². The first-order chi connectivity index (χ1) is 15.2. The van der Waals surface area contributed by atoms with E-state index in [0.29, 0.717) is 11.8 Å². The van der Waals surface area contributed by atoms with Crippen molar-refractivity contribution in [2.24, 2.45) is 0 Å². The summed E-state index contributed by atoms with van der Waals surface area (Å²) >= 11 is 0. The Morgan fingerprint density at radius 1 is 1.19 bits per heavy atom. The maximum Gasteiger partial charge on any atom is 0.229 e.